The van der Waals surface area contributed by atoms with E-state index in [0.717, 1.165) is 61.5 Å². The van der Waals surface area contributed by atoms with Gasteiger partial charge in [-0.25, -0.2) is 4.98 Å². The van der Waals surface area contributed by atoms with Crippen molar-refractivity contribution in [2.45, 2.75) is 38.5 Å². The summed E-state index contributed by atoms with van der Waals surface area (Å²) in [6.45, 7) is 3.43. The van der Waals surface area contributed by atoms with Crippen molar-refractivity contribution in [3.63, 3.8) is 0 Å². The fourth-order valence-electron chi connectivity index (χ4n) is 5.39. The molecule has 5 heterocycles. The fourth-order valence-corrected chi connectivity index (χ4v) is 6.33. The minimum Gasteiger partial charge on any atom is -0.459 e. The number of hydrogen-bond acceptors (Lipinski definition) is 8. The number of rotatable bonds is 3. The number of piperidine rings is 1. The Labute approximate surface area is 206 Å². The molecule has 11 heteroatoms. The first-order valence-electron chi connectivity index (χ1n) is 12.4. The van der Waals surface area contributed by atoms with Crippen molar-refractivity contribution >= 4 is 33.2 Å². The topological polar surface area (TPSA) is 104 Å². The maximum atomic E-state index is 13.3. The van der Waals surface area contributed by atoms with Gasteiger partial charge in [0.15, 0.2) is 5.76 Å². The van der Waals surface area contributed by atoms with Crippen LogP contribution >= 0.6 is 11.3 Å². The van der Waals surface area contributed by atoms with Crippen molar-refractivity contribution in [3.05, 3.63) is 45.8 Å². The van der Waals surface area contributed by atoms with Gasteiger partial charge in [-0.3, -0.25) is 14.4 Å². The first-order valence-corrected chi connectivity index (χ1v) is 13.2. The molecule has 0 radical (unpaired) electrons. The van der Waals surface area contributed by atoms with E-state index in [9.17, 15) is 14.4 Å². The standard InChI is InChI=1S/C24H28N6O4S/c31-20(27-10-12-28(13-11-27)22(33)19-8-4-14-34-19)16-5-3-9-29(15-16)24-26-30-21(32)17-6-1-2-7-18(17)25-23(30)35-24/h4,8,14,16H,1-3,5-7,9-13,15H2/t16-/m1/s1. The number of hydrogen-bond donors (Lipinski definition) is 0. The maximum absolute atomic E-state index is 13.3. The van der Waals surface area contributed by atoms with Crippen molar-refractivity contribution in [3.8, 4) is 0 Å². The van der Waals surface area contributed by atoms with Crippen LogP contribution in [-0.4, -0.2) is 75.5 Å². The zero-order valence-corrected chi connectivity index (χ0v) is 20.3. The van der Waals surface area contributed by atoms with Gasteiger partial charge < -0.3 is 19.1 Å². The smallest absolute Gasteiger partial charge is 0.289 e. The molecule has 6 rings (SSSR count). The van der Waals surface area contributed by atoms with Crippen molar-refractivity contribution in [2.24, 2.45) is 5.92 Å². The minimum absolute atomic E-state index is 0.0428. The van der Waals surface area contributed by atoms with Crippen LogP contribution in [-0.2, 0) is 17.6 Å². The number of amides is 2. The molecule has 0 unspecified atom stereocenters. The summed E-state index contributed by atoms with van der Waals surface area (Å²) in [7, 11) is 0. The quantitative estimate of drug-likeness (QED) is 0.545. The third-order valence-corrected chi connectivity index (χ3v) is 8.29. The van der Waals surface area contributed by atoms with Gasteiger partial charge in [-0.15, -0.1) is 5.10 Å². The third-order valence-electron chi connectivity index (χ3n) is 7.32. The summed E-state index contributed by atoms with van der Waals surface area (Å²) < 4.78 is 6.67. The molecule has 2 amide bonds. The summed E-state index contributed by atoms with van der Waals surface area (Å²) in [6, 6.07) is 3.37. The monoisotopic (exact) mass is 496 g/mol. The van der Waals surface area contributed by atoms with E-state index in [1.54, 1.807) is 17.0 Å². The SMILES string of the molecule is O=C(c1ccco1)N1CCN(C(=O)[C@@H]2CCCN(c3nn4c(=O)c5c(nc4s3)CCCC5)C2)CC1. The van der Waals surface area contributed by atoms with Crippen molar-refractivity contribution in [2.75, 3.05) is 44.2 Å². The summed E-state index contributed by atoms with van der Waals surface area (Å²) in [4.78, 5) is 49.9. The predicted octanol–water partition coefficient (Wildman–Crippen LogP) is 1.82. The van der Waals surface area contributed by atoms with Crippen LogP contribution in [0.4, 0.5) is 5.13 Å². The number of piperazine rings is 1. The molecule has 1 aliphatic carbocycles. The Morgan fingerprint density at radius 1 is 1.03 bits per heavy atom. The summed E-state index contributed by atoms with van der Waals surface area (Å²) >= 11 is 1.43. The number of carbonyl (C=O) groups excluding carboxylic acids is 2. The van der Waals surface area contributed by atoms with Crippen LogP contribution in [0.2, 0.25) is 0 Å². The van der Waals surface area contributed by atoms with Gasteiger partial charge in [-0.2, -0.15) is 4.52 Å². The Bertz CT molecular complexity index is 1310. The number of furan rings is 1. The molecule has 3 aliphatic rings. The lowest BCUT2D eigenvalue weighted by atomic mass is 9.96. The van der Waals surface area contributed by atoms with E-state index >= 15 is 0 Å². The van der Waals surface area contributed by atoms with Gasteiger partial charge in [-0.05, 0) is 50.7 Å². The number of nitrogens with zero attached hydrogens (tertiary/aromatic N) is 6. The average Bonchev–Trinajstić information content (AvgIpc) is 3.59. The Hall–Kier alpha value is -3.21. The van der Waals surface area contributed by atoms with Gasteiger partial charge in [0, 0.05) is 44.8 Å². The molecule has 0 aromatic carbocycles. The molecule has 10 nitrogen and oxygen atoms in total. The molecule has 3 aromatic heterocycles. The Morgan fingerprint density at radius 3 is 2.63 bits per heavy atom. The van der Waals surface area contributed by atoms with Gasteiger partial charge in [0.25, 0.3) is 11.5 Å². The van der Waals surface area contributed by atoms with Crippen molar-refractivity contribution < 1.29 is 14.0 Å². The van der Waals surface area contributed by atoms with Gasteiger partial charge in [0.1, 0.15) is 0 Å². The van der Waals surface area contributed by atoms with Gasteiger partial charge >= 0.3 is 0 Å². The number of carbonyl (C=O) groups is 2. The van der Waals surface area contributed by atoms with Gasteiger partial charge in [-0.1, -0.05) is 11.3 Å². The molecule has 3 aromatic rings. The second-order valence-electron chi connectivity index (χ2n) is 9.51. The molecule has 35 heavy (non-hydrogen) atoms. The Balaban J connectivity index is 1.13. The Morgan fingerprint density at radius 2 is 1.83 bits per heavy atom. The average molecular weight is 497 g/mol. The number of aromatic nitrogens is 3. The predicted molar refractivity (Wildman–Crippen MR) is 130 cm³/mol. The van der Waals surface area contributed by atoms with Crippen LogP contribution in [0.5, 0.6) is 0 Å². The maximum Gasteiger partial charge on any atom is 0.289 e. The molecular weight excluding hydrogens is 468 g/mol. The lowest BCUT2D eigenvalue weighted by Gasteiger charge is -2.38. The first kappa shape index (κ1) is 22.3. The molecule has 0 saturated carbocycles. The second kappa shape index (κ2) is 9.10. The van der Waals surface area contributed by atoms with Crippen LogP contribution in [0.3, 0.4) is 0 Å². The highest BCUT2D eigenvalue weighted by Crippen LogP contribution is 2.29. The van der Waals surface area contributed by atoms with Gasteiger partial charge in [0.2, 0.25) is 16.0 Å². The van der Waals surface area contributed by atoms with E-state index in [4.69, 9.17) is 9.40 Å². The van der Waals surface area contributed by atoms with Gasteiger partial charge in [0.05, 0.1) is 17.9 Å². The highest BCUT2D eigenvalue weighted by molar-refractivity contribution is 7.20. The van der Waals surface area contributed by atoms with Crippen LogP contribution in [0.15, 0.2) is 27.6 Å². The highest BCUT2D eigenvalue weighted by atomic mass is 32.1. The second-order valence-corrected chi connectivity index (χ2v) is 10.4. The van der Waals surface area contributed by atoms with Crippen LogP contribution in [0, 0.1) is 5.92 Å². The molecule has 0 spiro atoms. The van der Waals surface area contributed by atoms with E-state index in [2.05, 4.69) is 10.00 Å². The lowest BCUT2D eigenvalue weighted by Crippen LogP contribution is -2.53. The van der Waals surface area contributed by atoms with Crippen LogP contribution in [0.25, 0.3) is 4.96 Å². The molecule has 2 saturated heterocycles. The molecule has 184 valence electrons. The fraction of sp³-hybridized carbons (Fsp3) is 0.542. The van der Waals surface area contributed by atoms with E-state index < -0.39 is 0 Å². The summed E-state index contributed by atoms with van der Waals surface area (Å²) in [6.07, 6.45) is 6.94. The van der Waals surface area contributed by atoms with Crippen LogP contribution in [0.1, 0.15) is 47.5 Å². The number of fused-ring (bicyclic) bond motifs is 2. The molecule has 2 aliphatic heterocycles. The lowest BCUT2D eigenvalue weighted by molar-refractivity contribution is -0.137. The first-order chi connectivity index (χ1) is 17.1. The van der Waals surface area contributed by atoms with E-state index in [-0.39, 0.29) is 23.3 Å². The van der Waals surface area contributed by atoms with E-state index in [0.29, 0.717) is 43.4 Å². The van der Waals surface area contributed by atoms with Crippen molar-refractivity contribution in [1.29, 1.82) is 0 Å². The van der Waals surface area contributed by atoms with E-state index in [1.165, 1.54) is 22.1 Å². The molecule has 0 N–H and O–H groups in total. The normalized spacial score (nSPS) is 20.8. The molecule has 0 bridgehead atoms. The molecular formula is C24H28N6O4S. The summed E-state index contributed by atoms with van der Waals surface area (Å²) in [5.41, 5.74) is 1.69. The number of aryl methyl sites for hydroxylation is 1. The van der Waals surface area contributed by atoms with Crippen molar-refractivity contribution in [1.82, 2.24) is 24.4 Å². The molecule has 2 fully saturated rings. The minimum atomic E-state index is -0.132. The Kier molecular flexibility index (Phi) is 5.79. The van der Waals surface area contributed by atoms with E-state index in [1.807, 2.05) is 4.90 Å². The molecule has 1 atom stereocenters. The largest absolute Gasteiger partial charge is 0.459 e. The zero-order valence-electron chi connectivity index (χ0n) is 19.5. The zero-order chi connectivity index (χ0) is 23.9. The number of anilines is 1. The summed E-state index contributed by atoms with van der Waals surface area (Å²) in [5.74, 6) is 0.206. The third kappa shape index (κ3) is 4.11. The highest BCUT2D eigenvalue weighted by Gasteiger charge is 2.33. The van der Waals surface area contributed by atoms with Crippen LogP contribution < -0.4 is 10.5 Å². The summed E-state index contributed by atoms with van der Waals surface area (Å²) in [5, 5.41) is 5.37.